The largest absolute Gasteiger partial charge is 0.318 e. The van der Waals surface area contributed by atoms with Crippen LogP contribution in [0.25, 0.3) is 0 Å². The summed E-state index contributed by atoms with van der Waals surface area (Å²) in [7, 11) is 0. The second-order valence-corrected chi connectivity index (χ2v) is 3.98. The average molecular weight is 205 g/mol. The molecule has 1 rings (SSSR count). The van der Waals surface area contributed by atoms with Crippen LogP contribution in [0.3, 0.4) is 0 Å². The highest BCUT2D eigenvalue weighted by Crippen LogP contribution is 2.17. The van der Waals surface area contributed by atoms with Crippen LogP contribution in [0.1, 0.15) is 38.3 Å². The van der Waals surface area contributed by atoms with Crippen molar-refractivity contribution in [2.24, 2.45) is 11.7 Å². The van der Waals surface area contributed by atoms with Crippen molar-refractivity contribution in [2.75, 3.05) is 0 Å². The SMILES string of the molecule is CCCC(C)C(=O)[C@H](N)c1ccccc1. The Hall–Kier alpha value is -1.15. The molecule has 82 valence electrons. The van der Waals surface area contributed by atoms with Crippen LogP contribution in [0.5, 0.6) is 0 Å². The number of hydrogen-bond acceptors (Lipinski definition) is 2. The van der Waals surface area contributed by atoms with Crippen molar-refractivity contribution < 1.29 is 4.79 Å². The van der Waals surface area contributed by atoms with E-state index in [0.29, 0.717) is 0 Å². The summed E-state index contributed by atoms with van der Waals surface area (Å²) in [6.45, 7) is 4.03. The molecule has 0 spiro atoms. The zero-order valence-electron chi connectivity index (χ0n) is 9.44. The van der Waals surface area contributed by atoms with Gasteiger partial charge in [0.2, 0.25) is 0 Å². The van der Waals surface area contributed by atoms with Crippen molar-refractivity contribution in [2.45, 2.75) is 32.7 Å². The highest BCUT2D eigenvalue weighted by atomic mass is 16.1. The van der Waals surface area contributed by atoms with Gasteiger partial charge in [0, 0.05) is 5.92 Å². The molecule has 0 bridgehead atoms. The Balaban J connectivity index is 2.69. The van der Waals surface area contributed by atoms with Gasteiger partial charge < -0.3 is 5.73 Å². The fourth-order valence-corrected chi connectivity index (χ4v) is 1.71. The molecule has 0 aliphatic heterocycles. The monoisotopic (exact) mass is 205 g/mol. The summed E-state index contributed by atoms with van der Waals surface area (Å²) in [4.78, 5) is 11.9. The summed E-state index contributed by atoms with van der Waals surface area (Å²) < 4.78 is 0. The van der Waals surface area contributed by atoms with Crippen LogP contribution in [0, 0.1) is 5.92 Å². The molecule has 0 aromatic heterocycles. The quantitative estimate of drug-likeness (QED) is 0.803. The lowest BCUT2D eigenvalue weighted by atomic mass is 9.92. The predicted molar refractivity (Wildman–Crippen MR) is 62.4 cm³/mol. The van der Waals surface area contributed by atoms with E-state index in [1.165, 1.54) is 0 Å². The summed E-state index contributed by atoms with van der Waals surface area (Å²) in [5.74, 6) is 0.202. The van der Waals surface area contributed by atoms with Gasteiger partial charge in [-0.05, 0) is 12.0 Å². The van der Waals surface area contributed by atoms with Crippen molar-refractivity contribution in [1.82, 2.24) is 0 Å². The van der Waals surface area contributed by atoms with Crippen molar-refractivity contribution >= 4 is 5.78 Å². The van der Waals surface area contributed by atoms with Gasteiger partial charge in [-0.25, -0.2) is 0 Å². The van der Waals surface area contributed by atoms with Crippen LogP contribution in [0.15, 0.2) is 30.3 Å². The topological polar surface area (TPSA) is 43.1 Å². The van der Waals surface area contributed by atoms with Crippen LogP contribution < -0.4 is 5.73 Å². The predicted octanol–water partition coefficient (Wildman–Crippen LogP) is 2.69. The minimum Gasteiger partial charge on any atom is -0.318 e. The van der Waals surface area contributed by atoms with Crippen molar-refractivity contribution in [1.29, 1.82) is 0 Å². The van der Waals surface area contributed by atoms with E-state index in [1.807, 2.05) is 37.3 Å². The lowest BCUT2D eigenvalue weighted by Crippen LogP contribution is -2.26. The van der Waals surface area contributed by atoms with Gasteiger partial charge in [0.25, 0.3) is 0 Å². The Morgan fingerprint density at radius 2 is 1.93 bits per heavy atom. The summed E-state index contributed by atoms with van der Waals surface area (Å²) >= 11 is 0. The molecule has 2 atom stereocenters. The Morgan fingerprint density at radius 3 is 2.47 bits per heavy atom. The van der Waals surface area contributed by atoms with E-state index < -0.39 is 6.04 Å². The number of benzene rings is 1. The maximum absolute atomic E-state index is 11.9. The maximum Gasteiger partial charge on any atom is 0.156 e. The number of rotatable bonds is 5. The molecule has 0 saturated heterocycles. The first kappa shape index (κ1) is 11.9. The van der Waals surface area contributed by atoms with Crippen molar-refractivity contribution in [3.63, 3.8) is 0 Å². The molecular weight excluding hydrogens is 186 g/mol. The van der Waals surface area contributed by atoms with Crippen LogP contribution in [0.4, 0.5) is 0 Å². The first-order valence-electron chi connectivity index (χ1n) is 5.51. The van der Waals surface area contributed by atoms with E-state index >= 15 is 0 Å². The zero-order chi connectivity index (χ0) is 11.3. The molecule has 0 aliphatic carbocycles. The molecule has 0 radical (unpaired) electrons. The smallest absolute Gasteiger partial charge is 0.156 e. The standard InChI is InChI=1S/C13H19NO/c1-3-7-10(2)13(15)12(14)11-8-5-4-6-9-11/h4-6,8-10,12H,3,7,14H2,1-2H3/t10?,12-/m1/s1. The number of nitrogens with two attached hydrogens (primary N) is 1. The summed E-state index contributed by atoms with van der Waals surface area (Å²) in [6.07, 6.45) is 1.94. The number of carbonyl (C=O) groups excluding carboxylic acids is 1. The molecular formula is C13H19NO. The van der Waals surface area contributed by atoms with Gasteiger partial charge in [0.05, 0.1) is 6.04 Å². The average Bonchev–Trinajstić information content (AvgIpc) is 2.28. The molecule has 0 heterocycles. The molecule has 0 aliphatic rings. The first-order valence-corrected chi connectivity index (χ1v) is 5.51. The number of hydrogen-bond donors (Lipinski definition) is 1. The van der Waals surface area contributed by atoms with Crippen LogP contribution in [-0.2, 0) is 4.79 Å². The van der Waals surface area contributed by atoms with E-state index in [4.69, 9.17) is 5.73 Å². The van der Waals surface area contributed by atoms with Gasteiger partial charge in [0.1, 0.15) is 0 Å². The molecule has 1 aromatic carbocycles. The van der Waals surface area contributed by atoms with E-state index in [9.17, 15) is 4.79 Å². The molecule has 0 fully saturated rings. The van der Waals surface area contributed by atoms with E-state index in [1.54, 1.807) is 0 Å². The Bertz CT molecular complexity index is 308. The summed E-state index contributed by atoms with van der Waals surface area (Å²) in [5.41, 5.74) is 6.83. The molecule has 15 heavy (non-hydrogen) atoms. The third-order valence-corrected chi connectivity index (χ3v) is 2.67. The summed E-state index contributed by atoms with van der Waals surface area (Å²) in [6, 6.07) is 9.09. The highest BCUT2D eigenvalue weighted by molar-refractivity contribution is 5.86. The molecule has 1 aromatic rings. The second-order valence-electron chi connectivity index (χ2n) is 3.98. The minimum atomic E-state index is -0.465. The van der Waals surface area contributed by atoms with Crippen LogP contribution >= 0.6 is 0 Å². The Morgan fingerprint density at radius 1 is 1.33 bits per heavy atom. The van der Waals surface area contributed by atoms with Gasteiger partial charge in [-0.15, -0.1) is 0 Å². The van der Waals surface area contributed by atoms with Crippen molar-refractivity contribution in [3.8, 4) is 0 Å². The Kier molecular flexibility index (Phi) is 4.50. The van der Waals surface area contributed by atoms with Gasteiger partial charge in [-0.2, -0.15) is 0 Å². The lowest BCUT2D eigenvalue weighted by Gasteiger charge is -2.15. The molecule has 2 N–H and O–H groups in total. The number of Topliss-reactive ketones (excluding diaryl/α,β-unsaturated/α-hetero) is 1. The molecule has 2 nitrogen and oxygen atoms in total. The summed E-state index contributed by atoms with van der Waals surface area (Å²) in [5, 5.41) is 0. The number of ketones is 1. The van der Waals surface area contributed by atoms with E-state index in [-0.39, 0.29) is 11.7 Å². The normalized spacial score (nSPS) is 14.6. The third kappa shape index (κ3) is 3.17. The van der Waals surface area contributed by atoms with Gasteiger partial charge in [-0.1, -0.05) is 50.6 Å². The number of carbonyl (C=O) groups is 1. The van der Waals surface area contributed by atoms with Crippen molar-refractivity contribution in [3.05, 3.63) is 35.9 Å². The fraction of sp³-hybridized carbons (Fsp3) is 0.462. The first-order chi connectivity index (χ1) is 7.16. The van der Waals surface area contributed by atoms with E-state index in [2.05, 4.69) is 6.92 Å². The highest BCUT2D eigenvalue weighted by Gasteiger charge is 2.20. The molecule has 1 unspecified atom stereocenters. The second kappa shape index (κ2) is 5.66. The van der Waals surface area contributed by atoms with Gasteiger partial charge in [0.15, 0.2) is 5.78 Å². The lowest BCUT2D eigenvalue weighted by molar-refractivity contribution is -0.124. The van der Waals surface area contributed by atoms with E-state index in [0.717, 1.165) is 18.4 Å². The zero-order valence-corrected chi connectivity index (χ0v) is 9.44. The molecule has 0 amide bonds. The maximum atomic E-state index is 11.9. The molecule has 0 saturated carbocycles. The van der Waals surface area contributed by atoms with Crippen LogP contribution in [0.2, 0.25) is 0 Å². The Labute approximate surface area is 91.5 Å². The van der Waals surface area contributed by atoms with Crippen LogP contribution in [-0.4, -0.2) is 5.78 Å². The molecule has 2 heteroatoms. The van der Waals surface area contributed by atoms with Gasteiger partial charge >= 0.3 is 0 Å². The third-order valence-electron chi connectivity index (χ3n) is 2.67. The van der Waals surface area contributed by atoms with Gasteiger partial charge in [-0.3, -0.25) is 4.79 Å². The fourth-order valence-electron chi connectivity index (χ4n) is 1.71. The minimum absolute atomic E-state index is 0.0604.